The quantitative estimate of drug-likeness (QED) is 0.864. The highest BCUT2D eigenvalue weighted by Crippen LogP contribution is 2.21. The molecule has 1 heterocycles. The van der Waals surface area contributed by atoms with Gasteiger partial charge in [0.2, 0.25) is 0 Å². The number of fused-ring (bicyclic) bond motifs is 1. The second-order valence-electron chi connectivity index (χ2n) is 4.75. The molecule has 3 nitrogen and oxygen atoms in total. The molecule has 0 bridgehead atoms. The van der Waals surface area contributed by atoms with Crippen LogP contribution in [0.2, 0.25) is 5.02 Å². The summed E-state index contributed by atoms with van der Waals surface area (Å²) in [4.78, 5) is 14.9. The predicted octanol–water partition coefficient (Wildman–Crippen LogP) is 3.10. The maximum Gasteiger partial charge on any atom is 0.327 e. The van der Waals surface area contributed by atoms with Gasteiger partial charge in [-0.15, -0.1) is 0 Å². The smallest absolute Gasteiger partial charge is 0.298 e. The van der Waals surface area contributed by atoms with E-state index in [2.05, 4.69) is 4.98 Å². The standard InChI is InChI=1S/C14H13ClN2OS/c15-10-6-4-9(5-7-10)8-17-12-3-1-2-11(12)13(19)16-14(17)18/h4-7H,1-3,8H2,(H,16,18,19). The summed E-state index contributed by atoms with van der Waals surface area (Å²) in [6.45, 7) is 0.560. The van der Waals surface area contributed by atoms with Crippen LogP contribution in [0.5, 0.6) is 0 Å². The fourth-order valence-electron chi connectivity index (χ4n) is 2.57. The van der Waals surface area contributed by atoms with Crippen molar-refractivity contribution in [1.29, 1.82) is 0 Å². The van der Waals surface area contributed by atoms with Crippen LogP contribution in [0.25, 0.3) is 0 Å². The molecule has 0 amide bonds. The van der Waals surface area contributed by atoms with Crippen LogP contribution in [-0.4, -0.2) is 9.55 Å². The lowest BCUT2D eigenvalue weighted by Crippen LogP contribution is -2.27. The molecule has 0 spiro atoms. The number of hydrogen-bond acceptors (Lipinski definition) is 2. The molecular formula is C14H13ClN2OS. The molecule has 0 aliphatic heterocycles. The molecule has 0 fully saturated rings. The number of rotatable bonds is 2. The minimum absolute atomic E-state index is 0.124. The minimum atomic E-state index is -0.124. The molecule has 0 saturated carbocycles. The molecule has 0 radical (unpaired) electrons. The van der Waals surface area contributed by atoms with Crippen LogP contribution in [0.15, 0.2) is 29.1 Å². The fraction of sp³-hybridized carbons (Fsp3) is 0.286. The van der Waals surface area contributed by atoms with Crippen molar-refractivity contribution >= 4 is 23.8 Å². The van der Waals surface area contributed by atoms with E-state index in [0.29, 0.717) is 16.2 Å². The van der Waals surface area contributed by atoms with E-state index in [-0.39, 0.29) is 5.69 Å². The first-order valence-corrected chi connectivity index (χ1v) is 7.03. The van der Waals surface area contributed by atoms with E-state index < -0.39 is 0 Å². The van der Waals surface area contributed by atoms with Gasteiger partial charge in [0.05, 0.1) is 6.54 Å². The summed E-state index contributed by atoms with van der Waals surface area (Å²) in [6, 6.07) is 7.57. The maximum absolute atomic E-state index is 12.1. The van der Waals surface area contributed by atoms with Crippen LogP contribution in [-0.2, 0) is 19.4 Å². The monoisotopic (exact) mass is 292 g/mol. The first kappa shape index (κ1) is 12.6. The zero-order valence-corrected chi connectivity index (χ0v) is 11.9. The van der Waals surface area contributed by atoms with Gasteiger partial charge in [0.25, 0.3) is 0 Å². The summed E-state index contributed by atoms with van der Waals surface area (Å²) in [5, 5.41) is 0.703. The van der Waals surface area contributed by atoms with Gasteiger partial charge in [0.1, 0.15) is 4.64 Å². The Labute approximate surface area is 120 Å². The highest BCUT2D eigenvalue weighted by Gasteiger charge is 2.18. The van der Waals surface area contributed by atoms with E-state index in [1.807, 2.05) is 24.3 Å². The molecule has 0 saturated heterocycles. The van der Waals surface area contributed by atoms with Crippen molar-refractivity contribution in [1.82, 2.24) is 9.55 Å². The number of hydrogen-bond donors (Lipinski definition) is 1. The average Bonchev–Trinajstić information content (AvgIpc) is 2.86. The lowest BCUT2D eigenvalue weighted by atomic mass is 10.2. The molecule has 5 heteroatoms. The van der Waals surface area contributed by atoms with E-state index in [0.717, 1.165) is 36.1 Å². The van der Waals surface area contributed by atoms with Crippen LogP contribution >= 0.6 is 23.8 Å². The molecule has 1 aliphatic carbocycles. The summed E-state index contributed by atoms with van der Waals surface area (Å²) in [5.41, 5.74) is 3.15. The number of nitrogens with one attached hydrogen (secondary N) is 1. The summed E-state index contributed by atoms with van der Waals surface area (Å²) in [7, 11) is 0. The summed E-state index contributed by atoms with van der Waals surface area (Å²) < 4.78 is 2.39. The van der Waals surface area contributed by atoms with Crippen molar-refractivity contribution in [2.45, 2.75) is 25.8 Å². The van der Waals surface area contributed by atoms with Crippen LogP contribution in [0, 0.1) is 4.64 Å². The summed E-state index contributed by atoms with van der Waals surface area (Å²) in [6.07, 6.45) is 2.96. The molecule has 1 aliphatic rings. The summed E-state index contributed by atoms with van der Waals surface area (Å²) >= 11 is 11.1. The van der Waals surface area contributed by atoms with Gasteiger partial charge in [-0.3, -0.25) is 9.55 Å². The van der Waals surface area contributed by atoms with E-state index in [1.54, 1.807) is 4.57 Å². The lowest BCUT2D eigenvalue weighted by molar-refractivity contribution is 0.680. The molecule has 2 aromatic rings. The fourth-order valence-corrected chi connectivity index (χ4v) is 3.01. The molecule has 1 N–H and O–H groups in total. The van der Waals surface area contributed by atoms with Crippen LogP contribution in [0.4, 0.5) is 0 Å². The molecule has 1 aromatic carbocycles. The van der Waals surface area contributed by atoms with Crippen LogP contribution < -0.4 is 5.69 Å². The molecular weight excluding hydrogens is 280 g/mol. The topological polar surface area (TPSA) is 37.8 Å². The first-order chi connectivity index (χ1) is 9.15. The Hall–Kier alpha value is -1.39. The van der Waals surface area contributed by atoms with Gasteiger partial charge in [-0.25, -0.2) is 4.79 Å². The van der Waals surface area contributed by atoms with Gasteiger partial charge >= 0.3 is 5.69 Å². The van der Waals surface area contributed by atoms with Crippen molar-refractivity contribution in [3.05, 3.63) is 61.2 Å². The number of aromatic nitrogens is 2. The number of aromatic amines is 1. The largest absolute Gasteiger partial charge is 0.327 e. The highest BCUT2D eigenvalue weighted by molar-refractivity contribution is 7.71. The summed E-state index contributed by atoms with van der Waals surface area (Å²) in [5.74, 6) is 0. The molecule has 1 aromatic heterocycles. The second-order valence-corrected chi connectivity index (χ2v) is 5.60. The third kappa shape index (κ3) is 2.38. The average molecular weight is 293 g/mol. The first-order valence-electron chi connectivity index (χ1n) is 6.24. The highest BCUT2D eigenvalue weighted by atomic mass is 35.5. The third-order valence-corrected chi connectivity index (χ3v) is 4.11. The molecule has 0 atom stereocenters. The Morgan fingerprint density at radius 3 is 2.74 bits per heavy atom. The van der Waals surface area contributed by atoms with E-state index >= 15 is 0 Å². The SMILES string of the molecule is O=c1[nH]c(=S)c2c(n1Cc1ccc(Cl)cc1)CCC2. The molecule has 0 unspecified atom stereocenters. The Kier molecular flexibility index (Phi) is 3.29. The number of nitrogens with zero attached hydrogens (tertiary/aromatic N) is 1. The van der Waals surface area contributed by atoms with Gasteiger partial charge < -0.3 is 0 Å². The van der Waals surface area contributed by atoms with Gasteiger partial charge in [0.15, 0.2) is 0 Å². The Morgan fingerprint density at radius 2 is 2.00 bits per heavy atom. The number of benzene rings is 1. The van der Waals surface area contributed by atoms with Gasteiger partial charge in [-0.05, 0) is 37.0 Å². The second kappa shape index (κ2) is 4.94. The van der Waals surface area contributed by atoms with Crippen molar-refractivity contribution in [2.24, 2.45) is 0 Å². The zero-order chi connectivity index (χ0) is 13.4. The zero-order valence-electron chi connectivity index (χ0n) is 10.3. The van der Waals surface area contributed by atoms with Crippen molar-refractivity contribution in [3.63, 3.8) is 0 Å². The lowest BCUT2D eigenvalue weighted by Gasteiger charge is -2.12. The van der Waals surface area contributed by atoms with Crippen molar-refractivity contribution in [3.8, 4) is 0 Å². The normalized spacial score (nSPS) is 13.5. The van der Waals surface area contributed by atoms with Gasteiger partial charge in [-0.2, -0.15) is 0 Å². The Balaban J connectivity index is 2.06. The molecule has 3 rings (SSSR count). The minimum Gasteiger partial charge on any atom is -0.298 e. The van der Waals surface area contributed by atoms with E-state index in [1.165, 1.54) is 0 Å². The number of H-pyrrole nitrogens is 1. The Bertz CT molecular complexity index is 731. The van der Waals surface area contributed by atoms with Crippen molar-refractivity contribution < 1.29 is 0 Å². The predicted molar refractivity (Wildman–Crippen MR) is 78.5 cm³/mol. The molecule has 19 heavy (non-hydrogen) atoms. The Morgan fingerprint density at radius 1 is 1.26 bits per heavy atom. The van der Waals surface area contributed by atoms with E-state index in [9.17, 15) is 4.79 Å². The maximum atomic E-state index is 12.1. The number of halogens is 1. The third-order valence-electron chi connectivity index (χ3n) is 3.51. The van der Waals surface area contributed by atoms with Gasteiger partial charge in [0, 0.05) is 16.3 Å². The van der Waals surface area contributed by atoms with Crippen LogP contribution in [0.1, 0.15) is 23.2 Å². The van der Waals surface area contributed by atoms with Gasteiger partial charge in [-0.1, -0.05) is 36.0 Å². The molecule has 98 valence electrons. The van der Waals surface area contributed by atoms with E-state index in [4.69, 9.17) is 23.8 Å². The van der Waals surface area contributed by atoms with Crippen LogP contribution in [0.3, 0.4) is 0 Å². The van der Waals surface area contributed by atoms with Crippen molar-refractivity contribution in [2.75, 3.05) is 0 Å².